The van der Waals surface area contributed by atoms with Gasteiger partial charge in [0.1, 0.15) is 0 Å². The zero-order chi connectivity index (χ0) is 16.0. The van der Waals surface area contributed by atoms with E-state index in [0.717, 1.165) is 34.3 Å². The molecule has 1 aromatic heterocycles. The summed E-state index contributed by atoms with van der Waals surface area (Å²) in [6.07, 6.45) is 0.794. The number of anilines is 1. The van der Waals surface area contributed by atoms with Crippen LogP contribution in [-0.2, 0) is 11.2 Å². The van der Waals surface area contributed by atoms with Gasteiger partial charge < -0.3 is 9.88 Å². The minimum atomic E-state index is -0.456. The van der Waals surface area contributed by atoms with Crippen molar-refractivity contribution in [3.05, 3.63) is 65.4 Å². The van der Waals surface area contributed by atoms with Gasteiger partial charge in [0, 0.05) is 28.8 Å². The van der Waals surface area contributed by atoms with Crippen molar-refractivity contribution in [3.63, 3.8) is 0 Å². The molecule has 3 aromatic rings. The van der Waals surface area contributed by atoms with E-state index in [1.165, 1.54) is 0 Å². The van der Waals surface area contributed by atoms with E-state index in [4.69, 9.17) is 0 Å². The molecule has 1 amide bonds. The van der Waals surface area contributed by atoms with E-state index in [1.54, 1.807) is 4.90 Å². The molecule has 0 atom stereocenters. The quantitative estimate of drug-likeness (QED) is 0.583. The summed E-state index contributed by atoms with van der Waals surface area (Å²) in [5.41, 5.74) is 4.06. The van der Waals surface area contributed by atoms with Crippen molar-refractivity contribution in [2.45, 2.75) is 13.3 Å². The maximum absolute atomic E-state index is 12.8. The van der Waals surface area contributed by atoms with E-state index in [-0.39, 0.29) is 0 Å². The standard InChI is InChI=1S/C19H16N2O2/c1-12-17(14-7-3-4-8-15(14)20-12)18(22)19(23)21-11-10-13-6-2-5-9-16(13)21/h2-9,20H,10-11H2,1H3. The van der Waals surface area contributed by atoms with Crippen LogP contribution in [0.2, 0.25) is 0 Å². The van der Waals surface area contributed by atoms with E-state index in [1.807, 2.05) is 55.5 Å². The van der Waals surface area contributed by atoms with E-state index < -0.39 is 11.7 Å². The Labute approximate surface area is 133 Å². The largest absolute Gasteiger partial charge is 0.358 e. The molecule has 1 aliphatic rings. The molecule has 4 nitrogen and oxygen atoms in total. The Balaban J connectivity index is 1.75. The highest BCUT2D eigenvalue weighted by molar-refractivity contribution is 6.49. The molecule has 4 heteroatoms. The number of fused-ring (bicyclic) bond motifs is 2. The van der Waals surface area contributed by atoms with Crippen LogP contribution in [0.4, 0.5) is 5.69 Å². The molecule has 0 saturated heterocycles. The maximum Gasteiger partial charge on any atom is 0.299 e. The molecule has 0 spiro atoms. The number of H-pyrrole nitrogens is 1. The smallest absolute Gasteiger partial charge is 0.299 e. The van der Waals surface area contributed by atoms with Crippen LogP contribution in [0.25, 0.3) is 10.9 Å². The Morgan fingerprint density at radius 2 is 1.78 bits per heavy atom. The molecule has 0 radical (unpaired) electrons. The summed E-state index contributed by atoms with van der Waals surface area (Å²) in [7, 11) is 0. The number of hydrogen-bond donors (Lipinski definition) is 1. The summed E-state index contributed by atoms with van der Waals surface area (Å²) in [6.45, 7) is 2.39. The number of aryl methyl sites for hydroxylation is 1. The lowest BCUT2D eigenvalue weighted by Gasteiger charge is -2.16. The normalized spacial score (nSPS) is 13.3. The lowest BCUT2D eigenvalue weighted by molar-refractivity contribution is -0.114. The number of ketones is 1. The zero-order valence-corrected chi connectivity index (χ0v) is 12.8. The van der Waals surface area contributed by atoms with Crippen molar-refractivity contribution in [3.8, 4) is 0 Å². The highest BCUT2D eigenvalue weighted by atomic mass is 16.2. The molecule has 4 rings (SSSR count). The fraction of sp³-hybridized carbons (Fsp3) is 0.158. The van der Waals surface area contributed by atoms with Gasteiger partial charge in [0.15, 0.2) is 0 Å². The monoisotopic (exact) mass is 304 g/mol. The number of amides is 1. The van der Waals surface area contributed by atoms with Crippen LogP contribution in [0.3, 0.4) is 0 Å². The summed E-state index contributed by atoms with van der Waals surface area (Å²) in [6, 6.07) is 15.3. The first-order valence-electron chi connectivity index (χ1n) is 7.68. The number of hydrogen-bond acceptors (Lipinski definition) is 2. The van der Waals surface area contributed by atoms with Crippen molar-refractivity contribution < 1.29 is 9.59 Å². The molecule has 114 valence electrons. The number of carbonyl (C=O) groups excluding carboxylic acids is 2. The molecule has 23 heavy (non-hydrogen) atoms. The van der Waals surface area contributed by atoms with Gasteiger partial charge in [-0.1, -0.05) is 36.4 Å². The summed E-state index contributed by atoms with van der Waals surface area (Å²) in [4.78, 5) is 30.4. The van der Waals surface area contributed by atoms with Crippen LogP contribution >= 0.6 is 0 Å². The predicted octanol–water partition coefficient (Wildman–Crippen LogP) is 3.25. The molecular weight excluding hydrogens is 288 g/mol. The maximum atomic E-state index is 12.8. The number of rotatable bonds is 2. The topological polar surface area (TPSA) is 53.2 Å². The van der Waals surface area contributed by atoms with Gasteiger partial charge in [-0.05, 0) is 31.0 Å². The Morgan fingerprint density at radius 3 is 2.65 bits per heavy atom. The van der Waals surface area contributed by atoms with Gasteiger partial charge in [-0.3, -0.25) is 9.59 Å². The Hall–Kier alpha value is -2.88. The zero-order valence-electron chi connectivity index (χ0n) is 12.8. The summed E-state index contributed by atoms with van der Waals surface area (Å²) in [5, 5.41) is 0.802. The van der Waals surface area contributed by atoms with Crippen LogP contribution in [0, 0.1) is 6.92 Å². The molecule has 0 fully saturated rings. The first-order valence-corrected chi connectivity index (χ1v) is 7.68. The van der Waals surface area contributed by atoms with Gasteiger partial charge in [-0.25, -0.2) is 0 Å². The molecule has 2 aromatic carbocycles. The second-order valence-electron chi connectivity index (χ2n) is 5.84. The molecular formula is C19H16N2O2. The highest BCUT2D eigenvalue weighted by Gasteiger charge is 2.31. The fourth-order valence-corrected chi connectivity index (χ4v) is 3.35. The van der Waals surface area contributed by atoms with Crippen molar-refractivity contribution in [1.29, 1.82) is 0 Å². The number of aromatic nitrogens is 1. The van der Waals surface area contributed by atoms with E-state index >= 15 is 0 Å². The van der Waals surface area contributed by atoms with E-state index in [9.17, 15) is 9.59 Å². The number of nitrogens with zero attached hydrogens (tertiary/aromatic N) is 1. The van der Waals surface area contributed by atoms with Gasteiger partial charge in [0.25, 0.3) is 11.7 Å². The first-order chi connectivity index (χ1) is 11.2. The minimum Gasteiger partial charge on any atom is -0.358 e. The van der Waals surface area contributed by atoms with Crippen LogP contribution in [0.5, 0.6) is 0 Å². The first kappa shape index (κ1) is 13.8. The van der Waals surface area contributed by atoms with E-state index in [0.29, 0.717) is 12.1 Å². The lowest BCUT2D eigenvalue weighted by atomic mass is 10.1. The molecule has 2 heterocycles. The molecule has 0 unspecified atom stereocenters. The number of para-hydroxylation sites is 2. The fourth-order valence-electron chi connectivity index (χ4n) is 3.35. The molecule has 0 aliphatic carbocycles. The third kappa shape index (κ3) is 2.06. The Morgan fingerprint density at radius 1 is 1.04 bits per heavy atom. The van der Waals surface area contributed by atoms with Crippen molar-refractivity contribution in [1.82, 2.24) is 4.98 Å². The van der Waals surface area contributed by atoms with Crippen molar-refractivity contribution in [2.24, 2.45) is 0 Å². The van der Waals surface area contributed by atoms with Gasteiger partial charge in [-0.15, -0.1) is 0 Å². The van der Waals surface area contributed by atoms with Crippen molar-refractivity contribution >= 4 is 28.3 Å². The van der Waals surface area contributed by atoms with Crippen LogP contribution in [0.1, 0.15) is 21.6 Å². The summed E-state index contributed by atoms with van der Waals surface area (Å²) in [5.74, 6) is -0.903. The molecule has 1 aliphatic heterocycles. The number of aromatic amines is 1. The van der Waals surface area contributed by atoms with Crippen LogP contribution in [-0.4, -0.2) is 23.2 Å². The Bertz CT molecular complexity index is 939. The second-order valence-corrected chi connectivity index (χ2v) is 5.84. The third-order valence-electron chi connectivity index (χ3n) is 4.45. The SMILES string of the molecule is Cc1[nH]c2ccccc2c1C(=O)C(=O)N1CCc2ccccc21. The number of Topliss-reactive ketones (excluding diaryl/α,β-unsaturated/α-hetero) is 1. The lowest BCUT2D eigenvalue weighted by Crippen LogP contribution is -2.35. The summed E-state index contributed by atoms with van der Waals surface area (Å²) < 4.78 is 0. The van der Waals surface area contributed by atoms with Crippen LogP contribution < -0.4 is 4.90 Å². The van der Waals surface area contributed by atoms with E-state index in [2.05, 4.69) is 4.98 Å². The van der Waals surface area contributed by atoms with Gasteiger partial charge >= 0.3 is 0 Å². The molecule has 1 N–H and O–H groups in total. The predicted molar refractivity (Wildman–Crippen MR) is 89.9 cm³/mol. The third-order valence-corrected chi connectivity index (χ3v) is 4.45. The number of carbonyl (C=O) groups is 2. The average Bonchev–Trinajstić information content (AvgIpc) is 3.13. The van der Waals surface area contributed by atoms with Gasteiger partial charge in [0.05, 0.1) is 5.56 Å². The number of nitrogens with one attached hydrogen (secondary N) is 1. The Kier molecular flexibility index (Phi) is 3.05. The number of benzene rings is 2. The second kappa shape index (κ2) is 5.09. The van der Waals surface area contributed by atoms with Gasteiger partial charge in [0.2, 0.25) is 0 Å². The molecule has 0 saturated carbocycles. The van der Waals surface area contributed by atoms with Crippen molar-refractivity contribution in [2.75, 3.05) is 11.4 Å². The average molecular weight is 304 g/mol. The van der Waals surface area contributed by atoms with Gasteiger partial charge in [-0.2, -0.15) is 0 Å². The summed E-state index contributed by atoms with van der Waals surface area (Å²) >= 11 is 0. The molecule has 0 bridgehead atoms. The highest BCUT2D eigenvalue weighted by Crippen LogP contribution is 2.29. The minimum absolute atomic E-state index is 0.448. The van der Waals surface area contributed by atoms with Crippen LogP contribution in [0.15, 0.2) is 48.5 Å².